The van der Waals surface area contributed by atoms with E-state index in [9.17, 15) is 10.1 Å². The van der Waals surface area contributed by atoms with Crippen LogP contribution in [-0.2, 0) is 17.8 Å². The molecule has 1 fully saturated rings. The van der Waals surface area contributed by atoms with Crippen molar-refractivity contribution in [3.05, 3.63) is 45.4 Å². The van der Waals surface area contributed by atoms with Gasteiger partial charge in [-0.1, -0.05) is 0 Å². The van der Waals surface area contributed by atoms with Gasteiger partial charge in [0.1, 0.15) is 17.7 Å². The van der Waals surface area contributed by atoms with Crippen molar-refractivity contribution in [3.8, 4) is 6.07 Å². The van der Waals surface area contributed by atoms with Crippen LogP contribution in [0.5, 0.6) is 0 Å². The van der Waals surface area contributed by atoms with Crippen molar-refractivity contribution in [1.29, 1.82) is 5.26 Å². The van der Waals surface area contributed by atoms with Gasteiger partial charge in [-0.3, -0.25) is 4.79 Å². The molecule has 0 amide bonds. The number of nitriles is 1. The number of hydrogen-bond donors (Lipinski definition) is 1. The van der Waals surface area contributed by atoms with Crippen LogP contribution in [0.25, 0.3) is 0 Å². The van der Waals surface area contributed by atoms with Crippen LogP contribution >= 0.6 is 0 Å². The van der Waals surface area contributed by atoms with E-state index in [4.69, 9.17) is 9.72 Å². The monoisotopic (exact) mass is 408 g/mol. The number of hydrogen-bond acceptors (Lipinski definition) is 7. The van der Waals surface area contributed by atoms with Gasteiger partial charge in [-0.05, 0) is 45.2 Å². The van der Waals surface area contributed by atoms with Crippen LogP contribution in [0, 0.1) is 11.3 Å². The van der Waals surface area contributed by atoms with Crippen LogP contribution in [0.1, 0.15) is 56.0 Å². The molecule has 158 valence electrons. The summed E-state index contributed by atoms with van der Waals surface area (Å²) in [5.41, 5.74) is 2.48. The van der Waals surface area contributed by atoms with Gasteiger partial charge in [0.2, 0.25) is 0 Å². The second-order valence-electron chi connectivity index (χ2n) is 8.20. The number of anilines is 2. The van der Waals surface area contributed by atoms with Crippen molar-refractivity contribution in [1.82, 2.24) is 14.8 Å². The molecule has 4 heterocycles. The Balaban J connectivity index is 1.54. The second kappa shape index (κ2) is 8.84. The highest BCUT2D eigenvalue weighted by Crippen LogP contribution is 2.25. The third-order valence-corrected chi connectivity index (χ3v) is 5.78. The van der Waals surface area contributed by atoms with Crippen LogP contribution in [0.2, 0.25) is 0 Å². The molecule has 8 nitrogen and oxygen atoms in total. The first-order chi connectivity index (χ1) is 14.6. The number of pyridine rings is 1. The van der Waals surface area contributed by atoms with E-state index in [1.54, 1.807) is 6.07 Å². The van der Waals surface area contributed by atoms with E-state index in [0.29, 0.717) is 31.1 Å². The first-order valence-electron chi connectivity index (χ1n) is 10.7. The molecule has 2 aromatic rings. The Hall–Kier alpha value is -2.92. The highest BCUT2D eigenvalue weighted by atomic mass is 16.5. The Bertz CT molecular complexity index is 1010. The predicted octanol–water partition coefficient (Wildman–Crippen LogP) is 2.63. The van der Waals surface area contributed by atoms with Gasteiger partial charge in [-0.15, -0.1) is 0 Å². The molecule has 0 saturated carbocycles. The molecule has 0 radical (unpaired) electrons. The van der Waals surface area contributed by atoms with E-state index in [-0.39, 0.29) is 17.6 Å². The molecule has 1 N–H and O–H groups in total. The van der Waals surface area contributed by atoms with Gasteiger partial charge >= 0.3 is 0 Å². The predicted molar refractivity (Wildman–Crippen MR) is 115 cm³/mol. The van der Waals surface area contributed by atoms with Gasteiger partial charge < -0.3 is 15.0 Å². The van der Waals surface area contributed by atoms with Gasteiger partial charge in [-0.25, -0.2) is 9.67 Å². The summed E-state index contributed by atoms with van der Waals surface area (Å²) in [5.74, 6) is 1.47. The van der Waals surface area contributed by atoms with E-state index in [2.05, 4.69) is 21.4 Å². The third kappa shape index (κ3) is 4.17. The number of rotatable bonds is 5. The van der Waals surface area contributed by atoms with E-state index < -0.39 is 0 Å². The quantitative estimate of drug-likeness (QED) is 0.812. The summed E-state index contributed by atoms with van der Waals surface area (Å²) in [5, 5.41) is 17.6. The lowest BCUT2D eigenvalue weighted by Gasteiger charge is -2.37. The lowest BCUT2D eigenvalue weighted by molar-refractivity contribution is 0.109. The van der Waals surface area contributed by atoms with Gasteiger partial charge in [0.05, 0.1) is 30.5 Å². The molecule has 2 aromatic heterocycles. The van der Waals surface area contributed by atoms with E-state index in [1.165, 1.54) is 4.68 Å². The van der Waals surface area contributed by atoms with Crippen molar-refractivity contribution >= 4 is 11.6 Å². The lowest BCUT2D eigenvalue weighted by Crippen LogP contribution is -2.45. The van der Waals surface area contributed by atoms with Crippen LogP contribution in [0.4, 0.5) is 11.6 Å². The zero-order valence-corrected chi connectivity index (χ0v) is 17.6. The minimum atomic E-state index is -0.0821. The molecule has 0 aromatic carbocycles. The summed E-state index contributed by atoms with van der Waals surface area (Å²) in [6.07, 6.45) is 4.04. The zero-order chi connectivity index (χ0) is 21.1. The smallest absolute Gasteiger partial charge is 0.267 e. The molecule has 2 aliphatic rings. The maximum Gasteiger partial charge on any atom is 0.267 e. The second-order valence-corrected chi connectivity index (χ2v) is 8.20. The molecule has 4 rings (SSSR count). The van der Waals surface area contributed by atoms with Crippen molar-refractivity contribution in [2.75, 3.05) is 29.9 Å². The molecule has 0 spiro atoms. The fourth-order valence-electron chi connectivity index (χ4n) is 4.17. The highest BCUT2D eigenvalue weighted by Gasteiger charge is 2.25. The van der Waals surface area contributed by atoms with Crippen molar-refractivity contribution in [2.24, 2.45) is 0 Å². The Morgan fingerprint density at radius 3 is 3.03 bits per heavy atom. The summed E-state index contributed by atoms with van der Waals surface area (Å²) < 4.78 is 7.02. The van der Waals surface area contributed by atoms with Gasteiger partial charge in [-0.2, -0.15) is 10.4 Å². The molecular weight excluding hydrogens is 380 g/mol. The first-order valence-corrected chi connectivity index (χ1v) is 10.7. The fourth-order valence-corrected chi connectivity index (χ4v) is 4.17. The van der Waals surface area contributed by atoms with E-state index >= 15 is 0 Å². The number of piperidine rings is 1. The van der Waals surface area contributed by atoms with Gasteiger partial charge in [0.15, 0.2) is 0 Å². The van der Waals surface area contributed by atoms with Crippen molar-refractivity contribution in [2.45, 2.75) is 58.2 Å². The molecule has 2 aliphatic heterocycles. The molecular formula is C22H28N6O2. The minimum absolute atomic E-state index is 0.0145. The summed E-state index contributed by atoms with van der Waals surface area (Å²) in [6, 6.07) is 7.80. The summed E-state index contributed by atoms with van der Waals surface area (Å²) in [4.78, 5) is 19.1. The number of nitrogens with one attached hydrogen (secondary N) is 1. The largest absolute Gasteiger partial charge is 0.376 e. The van der Waals surface area contributed by atoms with Gasteiger partial charge in [0, 0.05) is 37.2 Å². The van der Waals surface area contributed by atoms with Crippen molar-refractivity contribution in [3.63, 3.8) is 0 Å². The molecule has 0 aliphatic carbocycles. The van der Waals surface area contributed by atoms with Crippen LogP contribution in [0.15, 0.2) is 23.0 Å². The molecule has 1 atom stereocenters. The Kier molecular flexibility index (Phi) is 6.00. The SMILES string of the molecule is CC(C)n1nc(N2CCCCC2CNc2nc3c(cc2C#N)COCC3)ccc1=O. The Morgan fingerprint density at radius 1 is 1.37 bits per heavy atom. The molecule has 0 bridgehead atoms. The summed E-state index contributed by atoms with van der Waals surface area (Å²) in [7, 11) is 0. The average Bonchev–Trinajstić information content (AvgIpc) is 2.77. The van der Waals surface area contributed by atoms with Crippen LogP contribution < -0.4 is 15.8 Å². The topological polar surface area (TPSA) is 96.1 Å². The normalized spacial score (nSPS) is 18.7. The third-order valence-electron chi connectivity index (χ3n) is 5.78. The Morgan fingerprint density at radius 2 is 2.23 bits per heavy atom. The van der Waals surface area contributed by atoms with Crippen molar-refractivity contribution < 1.29 is 4.74 Å². The number of fused-ring (bicyclic) bond motifs is 1. The van der Waals surface area contributed by atoms with Gasteiger partial charge in [0.25, 0.3) is 5.56 Å². The first kappa shape index (κ1) is 20.4. The highest BCUT2D eigenvalue weighted by molar-refractivity contribution is 5.55. The minimum Gasteiger partial charge on any atom is -0.376 e. The zero-order valence-electron chi connectivity index (χ0n) is 17.6. The molecule has 1 saturated heterocycles. The maximum atomic E-state index is 12.1. The summed E-state index contributed by atoms with van der Waals surface area (Å²) >= 11 is 0. The standard InChI is InChI=1S/C22H28N6O2/c1-15(2)28-21(29)7-6-20(26-28)27-9-4-3-5-18(27)13-24-22-16(12-23)11-17-14-30-10-8-19(17)25-22/h6-7,11,15,18H,3-5,8-10,13-14H2,1-2H3,(H,24,25). The van der Waals surface area contributed by atoms with Crippen LogP contribution in [-0.4, -0.2) is 40.5 Å². The van der Waals surface area contributed by atoms with E-state index in [0.717, 1.165) is 49.3 Å². The molecule has 30 heavy (non-hydrogen) atoms. The maximum absolute atomic E-state index is 12.1. The summed E-state index contributed by atoms with van der Waals surface area (Å²) in [6.45, 7) is 6.67. The average molecular weight is 409 g/mol. The number of nitrogens with zero attached hydrogens (tertiary/aromatic N) is 5. The van der Waals surface area contributed by atoms with Crippen LogP contribution in [0.3, 0.4) is 0 Å². The Labute approximate surface area is 176 Å². The number of ether oxygens (including phenoxy) is 1. The fraction of sp³-hybridized carbons (Fsp3) is 0.545. The number of aromatic nitrogens is 3. The molecule has 1 unspecified atom stereocenters. The molecule has 8 heteroatoms. The van der Waals surface area contributed by atoms with E-state index in [1.807, 2.05) is 26.0 Å². The lowest BCUT2D eigenvalue weighted by atomic mass is 10.0.